The Labute approximate surface area is 538 Å². The first-order chi connectivity index (χ1) is 43.0. The number of carbonyl (C=O) groups excluding carboxylic acids is 2. The van der Waals surface area contributed by atoms with Crippen LogP contribution in [0.1, 0.15) is 142 Å². The average Bonchev–Trinajstić information content (AvgIpc) is 1.27. The van der Waals surface area contributed by atoms with Crippen LogP contribution in [0.25, 0.3) is 0 Å². The molecule has 27 atom stereocenters. The Balaban J connectivity index is 0.860. The second-order valence-electron chi connectivity index (χ2n) is 32.7. The van der Waals surface area contributed by atoms with E-state index in [0.29, 0.717) is 92.4 Å². The molecule has 8 aliphatic heterocycles. The van der Waals surface area contributed by atoms with E-state index in [1.807, 2.05) is 24.0 Å². The monoisotopic (exact) mass is 1270 g/mol. The van der Waals surface area contributed by atoms with Gasteiger partial charge in [-0.15, -0.1) is 5.92 Å². The van der Waals surface area contributed by atoms with Crippen molar-refractivity contribution in [3.63, 3.8) is 0 Å². The number of nitrogens with one attached hydrogen (secondary N) is 1. The Kier molecular flexibility index (Phi) is 14.6. The number of hydrogen-bond donors (Lipinski definition) is 10. The fourth-order valence-corrected chi connectivity index (χ4v) is 27.9. The summed E-state index contributed by atoms with van der Waals surface area (Å²) in [7, 11) is 2.50. The molecule has 90 heavy (non-hydrogen) atoms. The number of piperidine rings is 1. The molecule has 17 heteroatoms. The summed E-state index contributed by atoms with van der Waals surface area (Å²) in [4.78, 5) is 35.0. The van der Waals surface area contributed by atoms with Crippen molar-refractivity contribution < 1.29 is 65.0 Å². The molecule has 9 aliphatic carbocycles. The molecule has 10 N–H and O–H groups in total. The predicted octanol–water partition coefficient (Wildman–Crippen LogP) is 7.48. The molecule has 15 nitrogen and oxygen atoms in total. The highest BCUT2D eigenvalue weighted by Crippen LogP contribution is 2.77. The highest BCUT2D eigenvalue weighted by atomic mass is 33.1. The van der Waals surface area contributed by atoms with Crippen LogP contribution in [0.2, 0.25) is 0 Å². The molecule has 6 saturated carbocycles. The van der Waals surface area contributed by atoms with Crippen LogP contribution in [-0.2, 0) is 25.5 Å². The van der Waals surface area contributed by atoms with Crippen LogP contribution in [0.5, 0.6) is 5.75 Å². The standard InChI is InChI=1S/C73H96N2O13S2/c1-39(2)40(3)60-62(88-60)71(85)18-7-14-46-27-52-53-30-57(79)70(33-58(80)68(84,38-77)36-65(52,70)4)64(83)90-89-35-48-13-6-12-47(34-76)73(48)63(82)75(49-23-42(24-50(78)28-49)16-20-69(46)56(71)17-21-72(53,69)86)37-66(73)32-44-10-5-9-41-15-19-67(31-41)51-29-55-43(11-8-22-87-55)25-45(51)26-54(74-67)59(44)61(66)81/h7-8,11,14,23-25,28,30,39-41,44-48,51-52,54-56,58-62,64,74,76-78,80-81,83-86H,6,9,12-13,15-22,26-27,29,31-38H2,1-4H3. The third-order valence-electron chi connectivity index (χ3n) is 29.2. The number of phenolic OH excluding ortho intramolecular Hbond substituents is 1. The third-order valence-corrected chi connectivity index (χ3v) is 31.8. The number of ether oxygens (including phenoxy) is 2. The fourth-order valence-electron chi connectivity index (χ4n) is 24.9. The van der Waals surface area contributed by atoms with E-state index < -0.39 is 110 Å². The van der Waals surface area contributed by atoms with Crippen molar-refractivity contribution in [3.8, 4) is 17.6 Å². The van der Waals surface area contributed by atoms with Crippen molar-refractivity contribution in [1.29, 1.82) is 0 Å². The van der Waals surface area contributed by atoms with Crippen LogP contribution in [0, 0.1) is 110 Å². The summed E-state index contributed by atoms with van der Waals surface area (Å²) in [6.45, 7) is 8.02. The molecule has 1 aromatic carbocycles. The Morgan fingerprint density at radius 3 is 2.58 bits per heavy atom. The number of carbonyl (C=O) groups is 2. The van der Waals surface area contributed by atoms with Gasteiger partial charge in [-0.1, -0.05) is 92.0 Å². The van der Waals surface area contributed by atoms with E-state index in [4.69, 9.17) is 9.47 Å². The van der Waals surface area contributed by atoms with Crippen molar-refractivity contribution in [2.24, 2.45) is 98.1 Å². The molecule has 1 amide bonds. The normalized spacial score (nSPS) is 52.3. The lowest BCUT2D eigenvalue weighted by Gasteiger charge is -2.68. The second-order valence-corrected chi connectivity index (χ2v) is 35.2. The molecule has 5 spiro atoms. The smallest absolute Gasteiger partial charge is 0.234 e. The number of epoxide rings is 1. The zero-order valence-electron chi connectivity index (χ0n) is 52.9. The largest absolute Gasteiger partial charge is 0.508 e. The number of amides is 1. The zero-order valence-corrected chi connectivity index (χ0v) is 54.5. The topological polar surface area (TPSA) is 253 Å². The number of fused-ring (bicyclic) bond motifs is 7. The van der Waals surface area contributed by atoms with Crippen LogP contribution in [-0.4, -0.2) is 154 Å². The minimum Gasteiger partial charge on any atom is -0.508 e. The third kappa shape index (κ3) is 8.09. The second kappa shape index (κ2) is 21.2. The molecule has 27 unspecified atom stereocenters. The maximum Gasteiger partial charge on any atom is 0.234 e. The van der Waals surface area contributed by atoms with Crippen molar-refractivity contribution >= 4 is 39.0 Å². The minimum atomic E-state index is -2.05. The van der Waals surface area contributed by atoms with Crippen LogP contribution in [0.4, 0.5) is 5.69 Å². The van der Waals surface area contributed by atoms with E-state index in [1.165, 1.54) is 16.4 Å². The maximum absolute atomic E-state index is 17.1. The molecule has 11 bridgehead atoms. The SMILES string of the molecule is CC(C)C(C)C1OC1C1(O)CC=CC2CC3C4=CC(=O)C5(CC(O)C(O)(CO)CC35C)C(O)SSCC3CCCC(CO)C35C(=O)N(CC53CC5C#CCC6CCC7(C6)NC(CC6C=C8C=CCOC8CC67)C5C3O)c3cc(O)cc(c3)CCC23C1CCC43O. The quantitative estimate of drug-likeness (QED) is 0.0594. The number of nitrogens with zero attached hydrogens (tertiary/aromatic N) is 1. The molecule has 18 rings (SSSR count). The Morgan fingerprint density at radius 1 is 0.944 bits per heavy atom. The number of aliphatic hydroxyl groups is 8. The first kappa shape index (κ1) is 61.8. The lowest BCUT2D eigenvalue weighted by Crippen LogP contribution is -2.72. The van der Waals surface area contributed by atoms with Gasteiger partial charge in [0.05, 0.1) is 54.1 Å². The summed E-state index contributed by atoms with van der Waals surface area (Å²) >= 11 is 0. The number of anilines is 1. The first-order valence-corrected chi connectivity index (χ1v) is 37.1. The highest BCUT2D eigenvalue weighted by Gasteiger charge is 2.80. The number of aromatic hydroxyl groups is 1. The van der Waals surface area contributed by atoms with Gasteiger partial charge < -0.3 is 65.6 Å². The predicted molar refractivity (Wildman–Crippen MR) is 342 cm³/mol. The average molecular weight is 1270 g/mol. The fraction of sp³-hybridized carbons (Fsp3) is 0.753. The van der Waals surface area contributed by atoms with Gasteiger partial charge in [0.15, 0.2) is 5.78 Å². The van der Waals surface area contributed by atoms with E-state index in [2.05, 4.69) is 62.2 Å². The summed E-state index contributed by atoms with van der Waals surface area (Å²) in [6.07, 6.45) is 18.4. The summed E-state index contributed by atoms with van der Waals surface area (Å²) < 4.78 is 13.0. The van der Waals surface area contributed by atoms with Gasteiger partial charge in [-0.2, -0.15) is 0 Å². The Hall–Kier alpha value is -3.06. The van der Waals surface area contributed by atoms with Crippen LogP contribution in [0.15, 0.2) is 65.8 Å². The molecule has 0 radical (unpaired) electrons. The van der Waals surface area contributed by atoms with E-state index >= 15 is 9.59 Å². The number of benzene rings is 1. The van der Waals surface area contributed by atoms with E-state index in [-0.39, 0.29) is 104 Å². The van der Waals surface area contributed by atoms with Gasteiger partial charge in [0.25, 0.3) is 0 Å². The van der Waals surface area contributed by atoms with Gasteiger partial charge >= 0.3 is 0 Å². The number of rotatable bonds is 5. The van der Waals surface area contributed by atoms with Crippen LogP contribution in [0.3, 0.4) is 0 Å². The molecular formula is C73H96N2O13S2. The molecule has 8 heterocycles. The summed E-state index contributed by atoms with van der Waals surface area (Å²) in [5.74, 6) is 5.30. The molecular weight excluding hydrogens is 1180 g/mol. The van der Waals surface area contributed by atoms with Crippen molar-refractivity contribution in [2.45, 2.75) is 208 Å². The first-order valence-electron chi connectivity index (χ1n) is 34.7. The van der Waals surface area contributed by atoms with E-state index in [1.54, 1.807) is 18.2 Å². The summed E-state index contributed by atoms with van der Waals surface area (Å²) in [5.41, 5.74) is -10.6. The number of hydrogen-bond acceptors (Lipinski definition) is 16. The Morgan fingerprint density at radius 2 is 1.78 bits per heavy atom. The van der Waals surface area contributed by atoms with Gasteiger partial charge in [0.1, 0.15) is 28.5 Å². The molecule has 0 aromatic heterocycles. The van der Waals surface area contributed by atoms with Crippen molar-refractivity contribution in [2.75, 3.05) is 37.0 Å². The molecule has 9 fully saturated rings. The van der Waals surface area contributed by atoms with E-state index in [9.17, 15) is 46.0 Å². The maximum atomic E-state index is 17.1. The summed E-state index contributed by atoms with van der Waals surface area (Å²) in [6, 6.07) is 5.25. The Bertz CT molecular complexity index is 3330. The van der Waals surface area contributed by atoms with Crippen molar-refractivity contribution in [1.82, 2.24) is 5.32 Å². The number of phenols is 1. The van der Waals surface area contributed by atoms with Crippen LogP contribution >= 0.6 is 21.6 Å². The van der Waals surface area contributed by atoms with Gasteiger partial charge in [0.2, 0.25) is 5.91 Å². The van der Waals surface area contributed by atoms with Gasteiger partial charge in [-0.3, -0.25) is 9.59 Å². The number of ketones is 1. The molecule has 3 saturated heterocycles. The molecule has 17 aliphatic rings. The lowest BCUT2D eigenvalue weighted by molar-refractivity contribution is -0.235. The van der Waals surface area contributed by atoms with Gasteiger partial charge in [-0.25, -0.2) is 0 Å². The lowest BCUT2D eigenvalue weighted by atomic mass is 9.38. The van der Waals surface area contributed by atoms with Gasteiger partial charge in [-0.05, 0) is 196 Å². The number of aliphatic hydroxyl groups excluding tert-OH is 5. The highest BCUT2D eigenvalue weighted by molar-refractivity contribution is 8.76. The van der Waals surface area contributed by atoms with Gasteiger partial charge in [0, 0.05) is 77.2 Å². The zero-order chi connectivity index (χ0) is 62.7. The number of allylic oxidation sites excluding steroid dienone is 3. The van der Waals surface area contributed by atoms with Crippen molar-refractivity contribution in [3.05, 3.63) is 71.4 Å². The van der Waals surface area contributed by atoms with Crippen LogP contribution < -0.4 is 10.2 Å². The summed E-state index contributed by atoms with van der Waals surface area (Å²) in [5, 5.41) is 120. The number of aryl methyl sites for hydroxylation is 1. The van der Waals surface area contributed by atoms with E-state index in [0.717, 1.165) is 49.3 Å². The molecule has 1 aromatic rings. The molecule has 488 valence electrons. The minimum absolute atomic E-state index is 0.0410.